The Balaban J connectivity index is 1.84. The van der Waals surface area contributed by atoms with Gasteiger partial charge in [0.2, 0.25) is 0 Å². The summed E-state index contributed by atoms with van der Waals surface area (Å²) in [5.74, 6) is -0.626. The molecule has 6 heteroatoms. The molecule has 0 saturated heterocycles. The molecule has 0 unspecified atom stereocenters. The molecule has 5 nitrogen and oxygen atoms in total. The highest BCUT2D eigenvalue weighted by atomic mass is 79.9. The molecule has 0 aliphatic heterocycles. The van der Waals surface area contributed by atoms with Gasteiger partial charge in [0.25, 0.3) is 5.91 Å². The summed E-state index contributed by atoms with van der Waals surface area (Å²) in [6.07, 6.45) is 1.38. The molecule has 0 spiro atoms. The first-order valence-electron chi connectivity index (χ1n) is 7.09. The Kier molecular flexibility index (Phi) is 4.48. The zero-order chi connectivity index (χ0) is 17.1. The van der Waals surface area contributed by atoms with Gasteiger partial charge in [-0.3, -0.25) is 4.79 Å². The average Bonchev–Trinajstić information content (AvgIpc) is 2.56. The van der Waals surface area contributed by atoms with E-state index < -0.39 is 5.91 Å². The van der Waals surface area contributed by atoms with Crippen molar-refractivity contribution < 1.29 is 15.0 Å². The van der Waals surface area contributed by atoms with Crippen LogP contribution in [-0.2, 0) is 0 Å². The lowest BCUT2D eigenvalue weighted by atomic mass is 10.0. The zero-order valence-electron chi connectivity index (χ0n) is 12.4. The number of hydrogen-bond donors (Lipinski definition) is 3. The number of phenolic OH excluding ortho intramolecular Hbond substituents is 2. The van der Waals surface area contributed by atoms with Crippen molar-refractivity contribution in [1.29, 1.82) is 0 Å². The molecule has 0 radical (unpaired) electrons. The number of halogens is 1. The fourth-order valence-corrected chi connectivity index (χ4v) is 2.68. The van der Waals surface area contributed by atoms with Crippen LogP contribution in [-0.4, -0.2) is 22.3 Å². The fourth-order valence-electron chi connectivity index (χ4n) is 2.33. The molecule has 3 aromatic carbocycles. The van der Waals surface area contributed by atoms with E-state index in [1.165, 1.54) is 18.3 Å². The SMILES string of the molecule is O=C(NN=Cc1c(O)ccc2ccccc12)c1ccc(Br)cc1O. The van der Waals surface area contributed by atoms with Crippen molar-refractivity contribution in [3.8, 4) is 11.5 Å². The van der Waals surface area contributed by atoms with Crippen LogP contribution in [0.3, 0.4) is 0 Å². The highest BCUT2D eigenvalue weighted by molar-refractivity contribution is 9.10. The number of phenols is 2. The third-order valence-electron chi connectivity index (χ3n) is 3.51. The van der Waals surface area contributed by atoms with E-state index in [1.54, 1.807) is 18.2 Å². The third kappa shape index (κ3) is 3.23. The smallest absolute Gasteiger partial charge is 0.275 e. The minimum Gasteiger partial charge on any atom is -0.507 e. The van der Waals surface area contributed by atoms with Crippen molar-refractivity contribution in [3.05, 3.63) is 70.2 Å². The number of fused-ring (bicyclic) bond motifs is 1. The molecule has 3 rings (SSSR count). The standard InChI is InChI=1S/C18H13BrN2O3/c19-12-6-7-14(17(23)9-12)18(24)21-20-10-15-13-4-2-1-3-11(13)5-8-16(15)22/h1-10,22-23H,(H,21,24). The molecule has 0 saturated carbocycles. The summed E-state index contributed by atoms with van der Waals surface area (Å²) in [5, 5.41) is 25.5. The molecule has 120 valence electrons. The lowest BCUT2D eigenvalue weighted by Crippen LogP contribution is -2.17. The highest BCUT2D eigenvalue weighted by Crippen LogP contribution is 2.25. The Labute approximate surface area is 146 Å². The van der Waals surface area contributed by atoms with Crippen molar-refractivity contribution in [2.75, 3.05) is 0 Å². The number of hydrazone groups is 1. The van der Waals surface area contributed by atoms with Gasteiger partial charge in [0, 0.05) is 10.0 Å². The quantitative estimate of drug-likeness (QED) is 0.474. The number of nitrogens with zero attached hydrogens (tertiary/aromatic N) is 1. The van der Waals surface area contributed by atoms with Gasteiger partial charge in [-0.2, -0.15) is 5.10 Å². The number of benzene rings is 3. The second-order valence-corrected chi connectivity index (χ2v) is 6.00. The molecule has 1 amide bonds. The topological polar surface area (TPSA) is 81.9 Å². The molecular formula is C18H13BrN2O3. The molecule has 0 fully saturated rings. The van der Waals surface area contributed by atoms with E-state index in [9.17, 15) is 15.0 Å². The molecule has 0 aromatic heterocycles. The van der Waals surface area contributed by atoms with Gasteiger partial charge >= 0.3 is 0 Å². The Morgan fingerprint density at radius 1 is 1.04 bits per heavy atom. The monoisotopic (exact) mass is 384 g/mol. The van der Waals surface area contributed by atoms with E-state index in [-0.39, 0.29) is 17.1 Å². The minimum atomic E-state index is -0.545. The van der Waals surface area contributed by atoms with Crippen molar-refractivity contribution in [2.45, 2.75) is 0 Å². The maximum Gasteiger partial charge on any atom is 0.275 e. The number of carbonyl (C=O) groups is 1. The summed E-state index contributed by atoms with van der Waals surface area (Å²) in [5.41, 5.74) is 2.96. The summed E-state index contributed by atoms with van der Waals surface area (Å²) in [6.45, 7) is 0. The normalized spacial score (nSPS) is 11.0. The van der Waals surface area contributed by atoms with Crippen LogP contribution in [0.5, 0.6) is 11.5 Å². The Morgan fingerprint density at radius 2 is 1.83 bits per heavy atom. The number of carbonyl (C=O) groups excluding carboxylic acids is 1. The summed E-state index contributed by atoms with van der Waals surface area (Å²) in [4.78, 5) is 12.1. The summed E-state index contributed by atoms with van der Waals surface area (Å²) in [7, 11) is 0. The summed E-state index contributed by atoms with van der Waals surface area (Å²) >= 11 is 3.21. The lowest BCUT2D eigenvalue weighted by Gasteiger charge is -2.05. The van der Waals surface area contributed by atoms with Gasteiger partial charge < -0.3 is 10.2 Å². The van der Waals surface area contributed by atoms with Crippen LogP contribution in [0, 0.1) is 0 Å². The van der Waals surface area contributed by atoms with Gasteiger partial charge in [0.1, 0.15) is 11.5 Å². The maximum atomic E-state index is 12.1. The maximum absolute atomic E-state index is 12.1. The average molecular weight is 385 g/mol. The van der Waals surface area contributed by atoms with Crippen molar-refractivity contribution >= 4 is 38.8 Å². The van der Waals surface area contributed by atoms with Crippen molar-refractivity contribution in [1.82, 2.24) is 5.43 Å². The minimum absolute atomic E-state index is 0.0678. The zero-order valence-corrected chi connectivity index (χ0v) is 14.0. The number of rotatable bonds is 3. The molecule has 0 bridgehead atoms. The second kappa shape index (κ2) is 6.72. The van der Waals surface area contributed by atoms with Crippen LogP contribution in [0.1, 0.15) is 15.9 Å². The summed E-state index contributed by atoms with van der Waals surface area (Å²) in [6, 6.07) is 15.5. The van der Waals surface area contributed by atoms with Crippen molar-refractivity contribution in [2.24, 2.45) is 5.10 Å². The fraction of sp³-hybridized carbons (Fsp3) is 0. The Hall–Kier alpha value is -2.86. The molecule has 0 aliphatic carbocycles. The summed E-state index contributed by atoms with van der Waals surface area (Å²) < 4.78 is 0.667. The lowest BCUT2D eigenvalue weighted by molar-refractivity contribution is 0.0952. The van der Waals surface area contributed by atoms with Crippen LogP contribution < -0.4 is 5.43 Å². The predicted molar refractivity (Wildman–Crippen MR) is 96.5 cm³/mol. The van der Waals surface area contributed by atoms with Crippen LogP contribution in [0.15, 0.2) is 64.2 Å². The first kappa shape index (κ1) is 16.0. The molecular weight excluding hydrogens is 372 g/mol. The van der Waals surface area contributed by atoms with Crippen LogP contribution >= 0.6 is 15.9 Å². The number of hydrogen-bond acceptors (Lipinski definition) is 4. The second-order valence-electron chi connectivity index (χ2n) is 5.08. The van der Waals surface area contributed by atoms with Gasteiger partial charge in [-0.1, -0.05) is 46.3 Å². The van der Waals surface area contributed by atoms with Gasteiger partial charge in [-0.05, 0) is 35.0 Å². The van der Waals surface area contributed by atoms with Crippen LogP contribution in [0.4, 0.5) is 0 Å². The van der Waals surface area contributed by atoms with E-state index in [4.69, 9.17) is 0 Å². The first-order chi connectivity index (χ1) is 11.6. The van der Waals surface area contributed by atoms with E-state index in [0.717, 1.165) is 10.8 Å². The largest absolute Gasteiger partial charge is 0.507 e. The molecule has 3 aromatic rings. The van der Waals surface area contributed by atoms with E-state index in [1.807, 2.05) is 24.3 Å². The van der Waals surface area contributed by atoms with Crippen molar-refractivity contribution in [3.63, 3.8) is 0 Å². The van der Waals surface area contributed by atoms with Gasteiger partial charge in [-0.15, -0.1) is 0 Å². The van der Waals surface area contributed by atoms with Crippen LogP contribution in [0.25, 0.3) is 10.8 Å². The van der Waals surface area contributed by atoms with Crippen LogP contribution in [0.2, 0.25) is 0 Å². The van der Waals surface area contributed by atoms with E-state index >= 15 is 0 Å². The molecule has 0 aliphatic rings. The molecule has 0 atom stereocenters. The van der Waals surface area contributed by atoms with E-state index in [2.05, 4.69) is 26.5 Å². The van der Waals surface area contributed by atoms with Gasteiger partial charge in [-0.25, -0.2) is 5.43 Å². The molecule has 3 N–H and O–H groups in total. The predicted octanol–water partition coefficient (Wildman–Crippen LogP) is 3.78. The highest BCUT2D eigenvalue weighted by Gasteiger charge is 2.10. The number of nitrogens with one attached hydrogen (secondary N) is 1. The van der Waals surface area contributed by atoms with E-state index in [0.29, 0.717) is 10.0 Å². The molecule has 24 heavy (non-hydrogen) atoms. The molecule has 0 heterocycles. The number of amides is 1. The Morgan fingerprint density at radius 3 is 2.62 bits per heavy atom. The van der Waals surface area contributed by atoms with Gasteiger partial charge in [0.15, 0.2) is 0 Å². The van der Waals surface area contributed by atoms with Gasteiger partial charge in [0.05, 0.1) is 11.8 Å². The third-order valence-corrected chi connectivity index (χ3v) is 4.01. The Bertz CT molecular complexity index is 954. The number of aromatic hydroxyl groups is 2. The first-order valence-corrected chi connectivity index (χ1v) is 7.88.